The highest BCUT2D eigenvalue weighted by atomic mass is 19.2. The van der Waals surface area contributed by atoms with Gasteiger partial charge in [0, 0.05) is 32.1 Å². The number of benzene rings is 1. The molecule has 2 saturated heterocycles. The largest absolute Gasteiger partial charge is 0.342 e. The van der Waals surface area contributed by atoms with Crippen LogP contribution in [0.5, 0.6) is 0 Å². The summed E-state index contributed by atoms with van der Waals surface area (Å²) in [5, 5.41) is 0. The fourth-order valence-corrected chi connectivity index (χ4v) is 3.39. The topological polar surface area (TPSA) is 40.6 Å². The normalized spacial score (nSPS) is 19.0. The monoisotopic (exact) mass is 340 g/mol. The van der Waals surface area contributed by atoms with Gasteiger partial charge in [-0.05, 0) is 37.8 Å². The minimum atomic E-state index is -1.64. The van der Waals surface area contributed by atoms with Crippen LogP contribution in [0.2, 0.25) is 0 Å². The molecule has 0 saturated carbocycles. The molecule has 24 heavy (non-hydrogen) atoms. The van der Waals surface area contributed by atoms with Gasteiger partial charge in [-0.3, -0.25) is 9.59 Å². The van der Waals surface area contributed by atoms with Gasteiger partial charge in [0.05, 0.1) is 5.56 Å². The lowest BCUT2D eigenvalue weighted by atomic mass is 9.95. The molecule has 0 bridgehead atoms. The predicted molar refractivity (Wildman–Crippen MR) is 80.8 cm³/mol. The fourth-order valence-electron chi connectivity index (χ4n) is 3.39. The van der Waals surface area contributed by atoms with Crippen molar-refractivity contribution in [1.82, 2.24) is 9.80 Å². The standard InChI is InChI=1S/C17H19F3N2O2/c18-13-4-3-12(14(19)15(13)20)17(24)22-9-5-11(6-10-22)16(23)21-7-1-2-8-21/h3-4,11H,1-2,5-10H2. The van der Waals surface area contributed by atoms with Crippen molar-refractivity contribution < 1.29 is 22.8 Å². The highest BCUT2D eigenvalue weighted by Gasteiger charge is 2.32. The molecular weight excluding hydrogens is 321 g/mol. The van der Waals surface area contributed by atoms with Gasteiger partial charge in [0.1, 0.15) is 0 Å². The first-order valence-corrected chi connectivity index (χ1v) is 8.20. The summed E-state index contributed by atoms with van der Waals surface area (Å²) in [7, 11) is 0. The van der Waals surface area contributed by atoms with Crippen molar-refractivity contribution in [2.75, 3.05) is 26.2 Å². The maximum atomic E-state index is 13.8. The van der Waals surface area contributed by atoms with Crippen LogP contribution >= 0.6 is 0 Å². The predicted octanol–water partition coefficient (Wildman–Crippen LogP) is 2.58. The average Bonchev–Trinajstić information content (AvgIpc) is 3.13. The molecule has 7 heteroatoms. The second-order valence-electron chi connectivity index (χ2n) is 6.32. The summed E-state index contributed by atoms with van der Waals surface area (Å²) < 4.78 is 40.0. The van der Waals surface area contributed by atoms with Crippen LogP contribution < -0.4 is 0 Å². The summed E-state index contributed by atoms with van der Waals surface area (Å²) in [5.74, 6) is -5.09. The third-order valence-corrected chi connectivity index (χ3v) is 4.81. The van der Waals surface area contributed by atoms with E-state index >= 15 is 0 Å². The third-order valence-electron chi connectivity index (χ3n) is 4.81. The third kappa shape index (κ3) is 3.12. The Morgan fingerprint density at radius 2 is 1.50 bits per heavy atom. The van der Waals surface area contributed by atoms with E-state index in [1.165, 1.54) is 4.90 Å². The molecule has 2 amide bonds. The molecule has 2 heterocycles. The zero-order chi connectivity index (χ0) is 17.3. The molecule has 0 radical (unpaired) electrons. The van der Waals surface area contributed by atoms with Crippen LogP contribution in [-0.4, -0.2) is 47.8 Å². The number of carbonyl (C=O) groups is 2. The Balaban J connectivity index is 1.63. The average molecular weight is 340 g/mol. The number of halogens is 3. The number of piperidine rings is 1. The summed E-state index contributed by atoms with van der Waals surface area (Å²) in [4.78, 5) is 27.9. The van der Waals surface area contributed by atoms with E-state index in [1.54, 1.807) is 0 Å². The molecule has 1 aromatic carbocycles. The van der Waals surface area contributed by atoms with E-state index in [-0.39, 0.29) is 11.8 Å². The SMILES string of the molecule is O=C(c1ccc(F)c(F)c1F)N1CCC(C(=O)N2CCCC2)CC1. The Morgan fingerprint density at radius 3 is 2.12 bits per heavy atom. The van der Waals surface area contributed by atoms with Crippen molar-refractivity contribution >= 4 is 11.8 Å². The van der Waals surface area contributed by atoms with Gasteiger partial charge in [-0.2, -0.15) is 0 Å². The van der Waals surface area contributed by atoms with E-state index in [1.807, 2.05) is 4.90 Å². The molecule has 2 aliphatic heterocycles. The van der Waals surface area contributed by atoms with Crippen LogP contribution in [0.15, 0.2) is 12.1 Å². The molecule has 0 aromatic heterocycles. The van der Waals surface area contributed by atoms with Crippen molar-refractivity contribution in [2.45, 2.75) is 25.7 Å². The van der Waals surface area contributed by atoms with Gasteiger partial charge in [-0.15, -0.1) is 0 Å². The number of hydrogen-bond acceptors (Lipinski definition) is 2. The van der Waals surface area contributed by atoms with Gasteiger partial charge >= 0.3 is 0 Å². The summed E-state index contributed by atoms with van der Waals surface area (Å²) in [6, 6.07) is 1.70. The Labute approximate surface area is 138 Å². The molecule has 0 unspecified atom stereocenters. The number of hydrogen-bond donors (Lipinski definition) is 0. The molecule has 4 nitrogen and oxygen atoms in total. The molecule has 0 N–H and O–H groups in total. The van der Waals surface area contributed by atoms with Crippen LogP contribution in [-0.2, 0) is 4.79 Å². The van der Waals surface area contributed by atoms with E-state index in [9.17, 15) is 22.8 Å². The fraction of sp³-hybridized carbons (Fsp3) is 0.529. The highest BCUT2D eigenvalue weighted by Crippen LogP contribution is 2.24. The smallest absolute Gasteiger partial charge is 0.256 e. The van der Waals surface area contributed by atoms with E-state index in [2.05, 4.69) is 0 Å². The van der Waals surface area contributed by atoms with Gasteiger partial charge in [0.2, 0.25) is 5.91 Å². The van der Waals surface area contributed by atoms with E-state index in [0.717, 1.165) is 38.1 Å². The number of nitrogens with zero attached hydrogens (tertiary/aromatic N) is 2. The highest BCUT2D eigenvalue weighted by molar-refractivity contribution is 5.94. The first kappa shape index (κ1) is 16.8. The molecule has 1 aromatic rings. The van der Waals surface area contributed by atoms with Gasteiger partial charge < -0.3 is 9.80 Å². The van der Waals surface area contributed by atoms with E-state index in [4.69, 9.17) is 0 Å². The van der Waals surface area contributed by atoms with Crippen molar-refractivity contribution in [3.63, 3.8) is 0 Å². The first-order valence-electron chi connectivity index (χ1n) is 8.20. The van der Waals surface area contributed by atoms with Crippen molar-refractivity contribution in [3.8, 4) is 0 Å². The maximum absolute atomic E-state index is 13.8. The second-order valence-corrected chi connectivity index (χ2v) is 6.32. The molecule has 2 aliphatic rings. The minimum absolute atomic E-state index is 0.123. The summed E-state index contributed by atoms with van der Waals surface area (Å²) in [6.07, 6.45) is 3.07. The van der Waals surface area contributed by atoms with Crippen molar-refractivity contribution in [1.29, 1.82) is 0 Å². The molecule has 0 spiro atoms. The van der Waals surface area contributed by atoms with Crippen LogP contribution in [0.3, 0.4) is 0 Å². The van der Waals surface area contributed by atoms with Gasteiger partial charge in [0.25, 0.3) is 5.91 Å². The zero-order valence-electron chi connectivity index (χ0n) is 13.2. The van der Waals surface area contributed by atoms with Crippen LogP contribution in [0.4, 0.5) is 13.2 Å². The van der Waals surface area contributed by atoms with Crippen LogP contribution in [0.1, 0.15) is 36.0 Å². The zero-order valence-corrected chi connectivity index (χ0v) is 13.2. The van der Waals surface area contributed by atoms with Gasteiger partial charge in [-0.1, -0.05) is 0 Å². The van der Waals surface area contributed by atoms with Crippen LogP contribution in [0.25, 0.3) is 0 Å². The lowest BCUT2D eigenvalue weighted by molar-refractivity contribution is -0.135. The summed E-state index contributed by atoms with van der Waals surface area (Å²) in [6.45, 7) is 2.19. The summed E-state index contributed by atoms with van der Waals surface area (Å²) >= 11 is 0. The van der Waals surface area contributed by atoms with Crippen molar-refractivity contribution in [2.24, 2.45) is 5.92 Å². The number of carbonyl (C=O) groups excluding carboxylic acids is 2. The molecule has 2 fully saturated rings. The second kappa shape index (κ2) is 6.83. The van der Waals surface area contributed by atoms with Crippen molar-refractivity contribution in [3.05, 3.63) is 35.1 Å². The molecule has 0 aliphatic carbocycles. The molecular formula is C17H19F3N2O2. The molecule has 3 rings (SSSR count). The van der Waals surface area contributed by atoms with Gasteiger partial charge in [0.15, 0.2) is 17.5 Å². The quantitative estimate of drug-likeness (QED) is 0.777. The Hall–Kier alpha value is -2.05. The number of likely N-dealkylation sites (tertiary alicyclic amines) is 2. The first-order chi connectivity index (χ1) is 11.5. The maximum Gasteiger partial charge on any atom is 0.256 e. The van der Waals surface area contributed by atoms with E-state index in [0.29, 0.717) is 25.9 Å². The molecule has 130 valence electrons. The van der Waals surface area contributed by atoms with Gasteiger partial charge in [-0.25, -0.2) is 13.2 Å². The summed E-state index contributed by atoms with van der Waals surface area (Å²) in [5.41, 5.74) is -0.474. The Kier molecular flexibility index (Phi) is 4.78. The lowest BCUT2D eigenvalue weighted by Gasteiger charge is -2.33. The number of rotatable bonds is 2. The Bertz CT molecular complexity index is 651. The van der Waals surface area contributed by atoms with E-state index < -0.39 is 28.9 Å². The van der Waals surface area contributed by atoms with Crippen LogP contribution in [0, 0.1) is 23.4 Å². The molecule has 0 atom stereocenters. The minimum Gasteiger partial charge on any atom is -0.342 e. The Morgan fingerprint density at radius 1 is 0.875 bits per heavy atom. The lowest BCUT2D eigenvalue weighted by Crippen LogP contribution is -2.44. The number of amides is 2.